The van der Waals surface area contributed by atoms with Gasteiger partial charge in [0.1, 0.15) is 6.61 Å². The van der Waals surface area contributed by atoms with Crippen molar-refractivity contribution >= 4 is 5.91 Å². The number of carbonyl (C=O) groups excluding carboxylic acids is 1. The molecule has 1 heterocycles. The summed E-state index contributed by atoms with van der Waals surface area (Å²) in [6.45, 7) is 9.44. The van der Waals surface area contributed by atoms with Crippen LogP contribution in [-0.4, -0.2) is 38.3 Å². The van der Waals surface area contributed by atoms with E-state index < -0.39 is 0 Å². The molecule has 0 bridgehead atoms. The second kappa shape index (κ2) is 6.97. The topological polar surface area (TPSA) is 50.4 Å². The molecular weight excluding hydrogens is 216 g/mol. The van der Waals surface area contributed by atoms with Crippen LogP contribution in [-0.2, 0) is 9.53 Å². The molecule has 1 aliphatic rings. The average molecular weight is 242 g/mol. The van der Waals surface area contributed by atoms with Crippen molar-refractivity contribution in [1.29, 1.82) is 0 Å². The number of ether oxygens (including phenoxy) is 1. The molecule has 0 aromatic rings. The first-order valence-corrected chi connectivity index (χ1v) is 6.56. The largest absolute Gasteiger partial charge is 0.368 e. The Labute approximate surface area is 104 Å². The summed E-state index contributed by atoms with van der Waals surface area (Å²) in [6, 6.07) is 0. The standard InChI is InChI=1S/C13H26N2O2/c1-13(2,3)6-9-15-12(16)10-17-11-4-7-14-8-5-11/h11,14H,4-10H2,1-3H3,(H,15,16). The Morgan fingerprint density at radius 3 is 2.59 bits per heavy atom. The third kappa shape index (κ3) is 7.34. The number of rotatable bonds is 5. The highest BCUT2D eigenvalue weighted by Gasteiger charge is 2.15. The molecule has 0 aromatic heterocycles. The second-order valence-corrected chi connectivity index (χ2v) is 5.92. The fourth-order valence-corrected chi connectivity index (χ4v) is 1.78. The van der Waals surface area contributed by atoms with Gasteiger partial charge in [-0.05, 0) is 37.8 Å². The maximum absolute atomic E-state index is 11.5. The minimum Gasteiger partial charge on any atom is -0.368 e. The van der Waals surface area contributed by atoms with Crippen molar-refractivity contribution in [2.75, 3.05) is 26.2 Å². The molecule has 4 nitrogen and oxygen atoms in total. The lowest BCUT2D eigenvalue weighted by Crippen LogP contribution is -2.36. The summed E-state index contributed by atoms with van der Waals surface area (Å²) in [5.41, 5.74) is 0.267. The molecule has 0 aliphatic carbocycles. The van der Waals surface area contributed by atoms with E-state index in [1.54, 1.807) is 0 Å². The summed E-state index contributed by atoms with van der Waals surface area (Å²) in [5.74, 6) is 0.00721. The van der Waals surface area contributed by atoms with Gasteiger partial charge < -0.3 is 15.4 Å². The Balaban J connectivity index is 2.04. The molecule has 0 radical (unpaired) electrons. The van der Waals surface area contributed by atoms with E-state index in [0.717, 1.165) is 38.9 Å². The minimum atomic E-state index is 0.00721. The van der Waals surface area contributed by atoms with Crippen molar-refractivity contribution in [1.82, 2.24) is 10.6 Å². The molecule has 1 aliphatic heterocycles. The van der Waals surface area contributed by atoms with Crippen LogP contribution in [0.25, 0.3) is 0 Å². The van der Waals surface area contributed by atoms with Gasteiger partial charge in [-0.1, -0.05) is 20.8 Å². The van der Waals surface area contributed by atoms with Crippen LogP contribution >= 0.6 is 0 Å². The lowest BCUT2D eigenvalue weighted by Gasteiger charge is -2.23. The maximum Gasteiger partial charge on any atom is 0.246 e. The number of hydrogen-bond acceptors (Lipinski definition) is 3. The van der Waals surface area contributed by atoms with Crippen LogP contribution in [0.5, 0.6) is 0 Å². The van der Waals surface area contributed by atoms with Gasteiger partial charge in [0.15, 0.2) is 0 Å². The fraction of sp³-hybridized carbons (Fsp3) is 0.923. The minimum absolute atomic E-state index is 0.00721. The van der Waals surface area contributed by atoms with Crippen molar-refractivity contribution in [3.05, 3.63) is 0 Å². The SMILES string of the molecule is CC(C)(C)CCNC(=O)COC1CCNCC1. The maximum atomic E-state index is 11.5. The van der Waals surface area contributed by atoms with E-state index in [1.807, 2.05) is 0 Å². The van der Waals surface area contributed by atoms with Gasteiger partial charge in [0.25, 0.3) is 0 Å². The molecule has 0 unspecified atom stereocenters. The lowest BCUT2D eigenvalue weighted by molar-refractivity contribution is -0.128. The average Bonchev–Trinajstić information content (AvgIpc) is 2.26. The van der Waals surface area contributed by atoms with E-state index in [0.29, 0.717) is 0 Å². The first-order valence-electron chi connectivity index (χ1n) is 6.56. The van der Waals surface area contributed by atoms with Crippen molar-refractivity contribution in [2.45, 2.75) is 46.1 Å². The van der Waals surface area contributed by atoms with Gasteiger partial charge >= 0.3 is 0 Å². The van der Waals surface area contributed by atoms with Crippen LogP contribution in [0.4, 0.5) is 0 Å². The van der Waals surface area contributed by atoms with Gasteiger partial charge in [-0.3, -0.25) is 4.79 Å². The number of hydrogen-bond donors (Lipinski definition) is 2. The van der Waals surface area contributed by atoms with Crippen LogP contribution in [0.15, 0.2) is 0 Å². The summed E-state index contributed by atoms with van der Waals surface area (Å²) in [7, 11) is 0. The molecule has 0 atom stereocenters. The fourth-order valence-electron chi connectivity index (χ4n) is 1.78. The van der Waals surface area contributed by atoms with Gasteiger partial charge in [-0.15, -0.1) is 0 Å². The Kier molecular flexibility index (Phi) is 5.92. The van der Waals surface area contributed by atoms with E-state index >= 15 is 0 Å². The van der Waals surface area contributed by atoms with Crippen LogP contribution in [0.2, 0.25) is 0 Å². The summed E-state index contributed by atoms with van der Waals surface area (Å²) >= 11 is 0. The summed E-state index contributed by atoms with van der Waals surface area (Å²) in [5, 5.41) is 6.17. The van der Waals surface area contributed by atoms with Gasteiger partial charge in [0.05, 0.1) is 6.10 Å². The highest BCUT2D eigenvalue weighted by Crippen LogP contribution is 2.16. The van der Waals surface area contributed by atoms with Gasteiger partial charge in [-0.25, -0.2) is 0 Å². The van der Waals surface area contributed by atoms with E-state index in [4.69, 9.17) is 4.74 Å². The monoisotopic (exact) mass is 242 g/mol. The predicted molar refractivity (Wildman–Crippen MR) is 68.9 cm³/mol. The van der Waals surface area contributed by atoms with Crippen LogP contribution < -0.4 is 10.6 Å². The quantitative estimate of drug-likeness (QED) is 0.764. The van der Waals surface area contributed by atoms with E-state index in [1.165, 1.54) is 0 Å². The normalized spacial score (nSPS) is 18.1. The molecule has 17 heavy (non-hydrogen) atoms. The zero-order chi connectivity index (χ0) is 12.7. The first-order chi connectivity index (χ1) is 7.97. The van der Waals surface area contributed by atoms with E-state index in [-0.39, 0.29) is 24.0 Å². The number of carbonyl (C=O) groups is 1. The highest BCUT2D eigenvalue weighted by molar-refractivity contribution is 5.77. The number of nitrogens with one attached hydrogen (secondary N) is 2. The van der Waals surface area contributed by atoms with E-state index in [2.05, 4.69) is 31.4 Å². The van der Waals surface area contributed by atoms with E-state index in [9.17, 15) is 4.79 Å². The number of amides is 1. The molecule has 2 N–H and O–H groups in total. The van der Waals surface area contributed by atoms with Crippen LogP contribution in [0.1, 0.15) is 40.0 Å². The van der Waals surface area contributed by atoms with Crippen LogP contribution in [0, 0.1) is 5.41 Å². The molecule has 0 spiro atoms. The molecular formula is C13H26N2O2. The molecule has 1 rings (SSSR count). The summed E-state index contributed by atoms with van der Waals surface area (Å²) in [6.07, 6.45) is 3.26. The molecule has 4 heteroatoms. The third-order valence-corrected chi connectivity index (χ3v) is 2.93. The second-order valence-electron chi connectivity index (χ2n) is 5.92. The van der Waals surface area contributed by atoms with Gasteiger partial charge in [0.2, 0.25) is 5.91 Å². The molecule has 0 aromatic carbocycles. The Morgan fingerprint density at radius 1 is 1.35 bits per heavy atom. The molecule has 1 saturated heterocycles. The Bertz CT molecular complexity index is 230. The Morgan fingerprint density at radius 2 is 2.00 bits per heavy atom. The zero-order valence-electron chi connectivity index (χ0n) is 11.3. The smallest absolute Gasteiger partial charge is 0.246 e. The molecule has 1 fully saturated rings. The number of piperidine rings is 1. The molecule has 0 saturated carbocycles. The lowest BCUT2D eigenvalue weighted by atomic mass is 9.92. The first kappa shape index (κ1) is 14.5. The zero-order valence-corrected chi connectivity index (χ0v) is 11.3. The van der Waals surface area contributed by atoms with Gasteiger partial charge in [0, 0.05) is 6.54 Å². The molecule has 1 amide bonds. The van der Waals surface area contributed by atoms with Crippen molar-refractivity contribution < 1.29 is 9.53 Å². The predicted octanol–water partition coefficient (Wildman–Crippen LogP) is 1.31. The van der Waals surface area contributed by atoms with Crippen molar-refractivity contribution in [3.8, 4) is 0 Å². The molecule has 100 valence electrons. The van der Waals surface area contributed by atoms with Crippen molar-refractivity contribution in [3.63, 3.8) is 0 Å². The van der Waals surface area contributed by atoms with Crippen molar-refractivity contribution in [2.24, 2.45) is 5.41 Å². The third-order valence-electron chi connectivity index (χ3n) is 2.93. The summed E-state index contributed by atoms with van der Waals surface area (Å²) < 4.78 is 5.58. The van der Waals surface area contributed by atoms with Crippen LogP contribution in [0.3, 0.4) is 0 Å². The summed E-state index contributed by atoms with van der Waals surface area (Å²) in [4.78, 5) is 11.5. The Hall–Kier alpha value is -0.610. The van der Waals surface area contributed by atoms with Gasteiger partial charge in [-0.2, -0.15) is 0 Å². The highest BCUT2D eigenvalue weighted by atomic mass is 16.5.